The second-order valence-corrected chi connectivity index (χ2v) is 7.40. The number of aromatic nitrogens is 1. The van der Waals surface area contributed by atoms with E-state index in [4.69, 9.17) is 23.2 Å². The van der Waals surface area contributed by atoms with Crippen molar-refractivity contribution in [1.82, 2.24) is 5.16 Å². The van der Waals surface area contributed by atoms with E-state index < -0.39 is 0 Å². The fraction of sp³-hybridized carbons (Fsp3) is 0.200. The predicted octanol–water partition coefficient (Wildman–Crippen LogP) is 5.46. The largest absolute Gasteiger partial charge is 0.497 e. The third-order valence-electron chi connectivity index (χ3n) is 5.24. The Hall–Kier alpha value is -4.20. The van der Waals surface area contributed by atoms with Gasteiger partial charge in [0.25, 0.3) is 0 Å². The van der Waals surface area contributed by atoms with Crippen molar-refractivity contribution >= 4 is 28.3 Å². The molecule has 8 heteroatoms. The standard InChI is InChI=1S/C25H24N2O6/c1-14(8-25(28)26-24-9-15(2)33-27-24)17-11-19-20(13-32-23(19)12-22(17)31-5)18-10-16(29-3)6-7-21(18)30-4/h6-13H,1-5H3,(H,26,27,28)/b14-8+. The van der Waals surface area contributed by atoms with E-state index in [2.05, 4.69) is 10.5 Å². The maximum atomic E-state index is 12.5. The smallest absolute Gasteiger partial charge is 0.249 e. The van der Waals surface area contributed by atoms with Crippen LogP contribution in [0, 0.1) is 6.92 Å². The van der Waals surface area contributed by atoms with Gasteiger partial charge in [-0.05, 0) is 43.7 Å². The van der Waals surface area contributed by atoms with Gasteiger partial charge in [-0.3, -0.25) is 4.79 Å². The zero-order chi connectivity index (χ0) is 23.5. The molecule has 0 bridgehead atoms. The molecule has 4 aromatic rings. The van der Waals surface area contributed by atoms with Gasteiger partial charge in [-0.15, -0.1) is 0 Å². The summed E-state index contributed by atoms with van der Waals surface area (Å²) in [5.74, 6) is 2.60. The molecule has 0 saturated heterocycles. The molecule has 1 amide bonds. The van der Waals surface area contributed by atoms with Gasteiger partial charge in [-0.1, -0.05) is 5.16 Å². The van der Waals surface area contributed by atoms with Crippen LogP contribution in [-0.2, 0) is 4.79 Å². The summed E-state index contributed by atoms with van der Waals surface area (Å²) in [6, 6.07) is 11.0. The first-order chi connectivity index (χ1) is 15.9. The van der Waals surface area contributed by atoms with Crippen LogP contribution in [0.4, 0.5) is 5.82 Å². The molecule has 0 aliphatic rings. The Kier molecular flexibility index (Phi) is 6.08. The van der Waals surface area contributed by atoms with Crippen molar-refractivity contribution in [1.29, 1.82) is 0 Å². The van der Waals surface area contributed by atoms with Gasteiger partial charge in [0.1, 0.15) is 28.6 Å². The van der Waals surface area contributed by atoms with Gasteiger partial charge in [-0.25, -0.2) is 0 Å². The Morgan fingerprint density at radius 2 is 1.79 bits per heavy atom. The number of rotatable bonds is 7. The third kappa shape index (κ3) is 4.41. The number of carbonyl (C=O) groups excluding carboxylic acids is 1. The van der Waals surface area contributed by atoms with E-state index in [0.717, 1.165) is 22.1 Å². The molecule has 0 spiro atoms. The lowest BCUT2D eigenvalue weighted by Gasteiger charge is -2.12. The Morgan fingerprint density at radius 3 is 2.45 bits per heavy atom. The SMILES string of the molecule is COc1ccc(OC)c(-c2coc3cc(OC)c(/C(C)=C/C(=O)Nc4cc(C)on4)cc23)c1. The highest BCUT2D eigenvalue weighted by molar-refractivity contribution is 6.05. The van der Waals surface area contributed by atoms with Crippen LogP contribution in [0.25, 0.3) is 27.7 Å². The summed E-state index contributed by atoms with van der Waals surface area (Å²) in [6.07, 6.45) is 3.16. The maximum Gasteiger partial charge on any atom is 0.249 e. The van der Waals surface area contributed by atoms with E-state index in [1.807, 2.05) is 31.2 Å². The number of anilines is 1. The molecule has 33 heavy (non-hydrogen) atoms. The number of amides is 1. The second kappa shape index (κ2) is 9.12. The van der Waals surface area contributed by atoms with Gasteiger partial charge in [0.2, 0.25) is 5.91 Å². The van der Waals surface area contributed by atoms with Crippen molar-refractivity contribution < 1.29 is 27.9 Å². The number of hydrogen-bond acceptors (Lipinski definition) is 7. The van der Waals surface area contributed by atoms with E-state index in [1.165, 1.54) is 6.08 Å². The number of methoxy groups -OCH3 is 3. The van der Waals surface area contributed by atoms with Gasteiger partial charge in [0, 0.05) is 40.3 Å². The van der Waals surface area contributed by atoms with E-state index in [9.17, 15) is 4.79 Å². The van der Waals surface area contributed by atoms with Crippen LogP contribution in [0.3, 0.4) is 0 Å². The molecule has 1 N–H and O–H groups in total. The highest BCUT2D eigenvalue weighted by atomic mass is 16.5. The van der Waals surface area contributed by atoms with E-state index in [0.29, 0.717) is 40.0 Å². The lowest BCUT2D eigenvalue weighted by molar-refractivity contribution is -0.111. The van der Waals surface area contributed by atoms with Gasteiger partial charge in [-0.2, -0.15) is 0 Å². The van der Waals surface area contributed by atoms with Crippen molar-refractivity contribution in [2.75, 3.05) is 26.6 Å². The van der Waals surface area contributed by atoms with E-state index in [-0.39, 0.29) is 5.91 Å². The van der Waals surface area contributed by atoms with Gasteiger partial charge in [0.15, 0.2) is 5.82 Å². The molecular weight excluding hydrogens is 424 g/mol. The van der Waals surface area contributed by atoms with Crippen molar-refractivity contribution in [3.63, 3.8) is 0 Å². The lowest BCUT2D eigenvalue weighted by Crippen LogP contribution is -2.08. The van der Waals surface area contributed by atoms with Gasteiger partial charge < -0.3 is 28.5 Å². The first-order valence-electron chi connectivity index (χ1n) is 10.2. The quantitative estimate of drug-likeness (QED) is 0.375. The van der Waals surface area contributed by atoms with Crippen molar-refractivity contribution in [3.05, 3.63) is 60.1 Å². The summed E-state index contributed by atoms with van der Waals surface area (Å²) in [4.78, 5) is 12.5. The zero-order valence-electron chi connectivity index (χ0n) is 19.0. The Balaban J connectivity index is 1.77. The summed E-state index contributed by atoms with van der Waals surface area (Å²) in [7, 11) is 4.80. The molecule has 0 aliphatic heterocycles. The van der Waals surface area contributed by atoms with Crippen LogP contribution in [0.1, 0.15) is 18.2 Å². The molecule has 0 saturated carbocycles. The van der Waals surface area contributed by atoms with Crippen LogP contribution in [0.15, 0.2) is 57.7 Å². The molecule has 0 fully saturated rings. The molecule has 0 atom stereocenters. The van der Waals surface area contributed by atoms with Crippen LogP contribution < -0.4 is 19.5 Å². The molecule has 2 heterocycles. The number of hydrogen-bond donors (Lipinski definition) is 1. The fourth-order valence-corrected chi connectivity index (χ4v) is 3.63. The first-order valence-corrected chi connectivity index (χ1v) is 10.2. The fourth-order valence-electron chi connectivity index (χ4n) is 3.63. The molecular formula is C25H24N2O6. The topological polar surface area (TPSA) is 96.0 Å². The van der Waals surface area contributed by atoms with Crippen molar-refractivity contribution in [3.8, 4) is 28.4 Å². The average molecular weight is 448 g/mol. The van der Waals surface area contributed by atoms with E-state index >= 15 is 0 Å². The average Bonchev–Trinajstić information content (AvgIpc) is 3.42. The summed E-state index contributed by atoms with van der Waals surface area (Å²) in [5.41, 5.74) is 3.76. The van der Waals surface area contributed by atoms with Gasteiger partial charge in [0.05, 0.1) is 27.6 Å². The summed E-state index contributed by atoms with van der Waals surface area (Å²) in [6.45, 7) is 3.59. The summed E-state index contributed by atoms with van der Waals surface area (Å²) < 4.78 is 27.3. The molecule has 2 aromatic heterocycles. The molecule has 8 nitrogen and oxygen atoms in total. The summed E-state index contributed by atoms with van der Waals surface area (Å²) >= 11 is 0. The minimum Gasteiger partial charge on any atom is -0.497 e. The number of benzene rings is 2. The number of furan rings is 1. The highest BCUT2D eigenvalue weighted by Gasteiger charge is 2.18. The first kappa shape index (κ1) is 22.0. The number of fused-ring (bicyclic) bond motifs is 1. The van der Waals surface area contributed by atoms with Crippen LogP contribution >= 0.6 is 0 Å². The van der Waals surface area contributed by atoms with Crippen LogP contribution in [-0.4, -0.2) is 32.4 Å². The Morgan fingerprint density at radius 1 is 1.00 bits per heavy atom. The maximum absolute atomic E-state index is 12.5. The van der Waals surface area contributed by atoms with E-state index in [1.54, 1.807) is 46.6 Å². The molecule has 170 valence electrons. The number of nitrogens with one attached hydrogen (secondary N) is 1. The number of aryl methyl sites for hydroxylation is 1. The third-order valence-corrected chi connectivity index (χ3v) is 5.24. The molecule has 4 rings (SSSR count). The second-order valence-electron chi connectivity index (χ2n) is 7.40. The van der Waals surface area contributed by atoms with Crippen LogP contribution in [0.5, 0.6) is 17.2 Å². The molecule has 2 aromatic carbocycles. The van der Waals surface area contributed by atoms with Gasteiger partial charge >= 0.3 is 0 Å². The normalized spacial score (nSPS) is 11.5. The molecule has 0 unspecified atom stereocenters. The minimum absolute atomic E-state index is 0.329. The number of nitrogens with zero attached hydrogens (tertiary/aromatic N) is 1. The number of carbonyl (C=O) groups is 1. The monoisotopic (exact) mass is 448 g/mol. The van der Waals surface area contributed by atoms with Crippen molar-refractivity contribution in [2.24, 2.45) is 0 Å². The summed E-state index contributed by atoms with van der Waals surface area (Å²) in [5, 5.41) is 7.32. The molecule has 0 aliphatic carbocycles. The van der Waals surface area contributed by atoms with Crippen molar-refractivity contribution in [2.45, 2.75) is 13.8 Å². The highest BCUT2D eigenvalue weighted by Crippen LogP contribution is 2.41. The zero-order valence-corrected chi connectivity index (χ0v) is 19.0. The lowest BCUT2D eigenvalue weighted by atomic mass is 9.98. The predicted molar refractivity (Wildman–Crippen MR) is 125 cm³/mol. The number of allylic oxidation sites excluding steroid dienone is 1. The number of ether oxygens (including phenoxy) is 3. The Labute approximate surface area is 190 Å². The van der Waals surface area contributed by atoms with Crippen LogP contribution in [0.2, 0.25) is 0 Å². The molecule has 0 radical (unpaired) electrons. The minimum atomic E-state index is -0.329. The Bertz CT molecular complexity index is 1350.